The first-order valence-electron chi connectivity index (χ1n) is 7.76. The number of amides is 1. The lowest BCUT2D eigenvalue weighted by atomic mass is 10.2. The van der Waals surface area contributed by atoms with E-state index in [0.717, 1.165) is 0 Å². The number of carbonyl (C=O) groups excluding carboxylic acids is 1. The Morgan fingerprint density at radius 3 is 2.42 bits per heavy atom. The van der Waals surface area contributed by atoms with Gasteiger partial charge in [-0.15, -0.1) is 0 Å². The molecular weight excluding hydrogens is 396 g/mol. The minimum Gasteiger partial charge on any atom is -0.444 e. The minimum atomic E-state index is -3.62. The van der Waals surface area contributed by atoms with Crippen LogP contribution in [0.3, 0.4) is 0 Å². The van der Waals surface area contributed by atoms with Crippen molar-refractivity contribution >= 4 is 32.0 Å². The van der Waals surface area contributed by atoms with Gasteiger partial charge in [0.05, 0.1) is 4.90 Å². The SMILES string of the molecule is C[C@H]1CN(C(=O)OC(C)(C)C)CCN1S(=O)(=O)c1ccccc1Br. The summed E-state index contributed by atoms with van der Waals surface area (Å²) in [5.41, 5.74) is -0.571. The molecule has 1 saturated heterocycles. The number of sulfonamides is 1. The molecular formula is C16H23BrN2O4S. The van der Waals surface area contributed by atoms with Crippen LogP contribution in [0.15, 0.2) is 33.6 Å². The number of rotatable bonds is 2. The van der Waals surface area contributed by atoms with Gasteiger partial charge < -0.3 is 9.64 Å². The van der Waals surface area contributed by atoms with Gasteiger partial charge in [-0.05, 0) is 55.8 Å². The number of hydrogen-bond donors (Lipinski definition) is 0. The number of benzene rings is 1. The Bertz CT molecular complexity index is 715. The van der Waals surface area contributed by atoms with Crippen molar-refractivity contribution in [2.24, 2.45) is 0 Å². The molecule has 1 atom stereocenters. The third kappa shape index (κ3) is 4.29. The molecule has 2 rings (SSSR count). The molecule has 0 radical (unpaired) electrons. The van der Waals surface area contributed by atoms with Crippen LogP contribution < -0.4 is 0 Å². The number of halogens is 1. The molecule has 1 aromatic rings. The van der Waals surface area contributed by atoms with Gasteiger partial charge >= 0.3 is 6.09 Å². The van der Waals surface area contributed by atoms with Crippen molar-refractivity contribution in [3.8, 4) is 0 Å². The van der Waals surface area contributed by atoms with Crippen molar-refractivity contribution in [1.82, 2.24) is 9.21 Å². The first kappa shape index (κ1) is 19.2. The Kier molecular flexibility index (Phi) is 5.61. The van der Waals surface area contributed by atoms with E-state index in [2.05, 4.69) is 15.9 Å². The van der Waals surface area contributed by atoms with Crippen molar-refractivity contribution in [3.63, 3.8) is 0 Å². The second kappa shape index (κ2) is 7.01. The molecule has 1 heterocycles. The summed E-state index contributed by atoms with van der Waals surface area (Å²) in [6.45, 7) is 8.07. The molecule has 0 unspecified atom stereocenters. The van der Waals surface area contributed by atoms with E-state index < -0.39 is 21.7 Å². The predicted octanol–water partition coefficient (Wildman–Crippen LogP) is 3.08. The zero-order valence-corrected chi connectivity index (χ0v) is 16.7. The predicted molar refractivity (Wildman–Crippen MR) is 95.3 cm³/mol. The molecule has 0 bridgehead atoms. The summed E-state index contributed by atoms with van der Waals surface area (Å²) in [6.07, 6.45) is -0.410. The first-order valence-corrected chi connectivity index (χ1v) is 10.00. The smallest absolute Gasteiger partial charge is 0.410 e. The molecule has 1 fully saturated rings. The van der Waals surface area contributed by atoms with E-state index >= 15 is 0 Å². The van der Waals surface area contributed by atoms with Crippen LogP contribution in [-0.2, 0) is 14.8 Å². The third-order valence-electron chi connectivity index (χ3n) is 3.64. The number of ether oxygens (including phenoxy) is 1. The highest BCUT2D eigenvalue weighted by molar-refractivity contribution is 9.10. The molecule has 0 saturated carbocycles. The Balaban J connectivity index is 2.14. The lowest BCUT2D eigenvalue weighted by molar-refractivity contribution is 0.0143. The zero-order chi connectivity index (χ0) is 18.1. The maximum atomic E-state index is 12.9. The standard InChI is InChI=1S/C16H23BrN2O4S/c1-12-11-18(15(20)23-16(2,3)4)9-10-19(12)24(21,22)14-8-6-5-7-13(14)17/h5-8,12H,9-11H2,1-4H3/t12-/m0/s1. The molecule has 0 aromatic heterocycles. The van der Waals surface area contributed by atoms with Gasteiger partial charge in [0.15, 0.2) is 0 Å². The van der Waals surface area contributed by atoms with E-state index in [4.69, 9.17) is 4.74 Å². The monoisotopic (exact) mass is 418 g/mol. The molecule has 1 aliphatic heterocycles. The van der Waals surface area contributed by atoms with Gasteiger partial charge in [0.1, 0.15) is 5.60 Å². The zero-order valence-electron chi connectivity index (χ0n) is 14.3. The second-order valence-corrected chi connectivity index (χ2v) is 9.53. The van der Waals surface area contributed by atoms with E-state index in [1.807, 2.05) is 20.8 Å². The van der Waals surface area contributed by atoms with Crippen LogP contribution >= 0.6 is 15.9 Å². The summed E-state index contributed by atoms with van der Waals surface area (Å²) in [7, 11) is -3.62. The number of carbonyl (C=O) groups is 1. The highest BCUT2D eigenvalue weighted by Crippen LogP contribution is 2.27. The molecule has 1 aromatic carbocycles. The Morgan fingerprint density at radius 1 is 1.25 bits per heavy atom. The lowest BCUT2D eigenvalue weighted by Gasteiger charge is -2.39. The average Bonchev–Trinajstić information content (AvgIpc) is 2.45. The minimum absolute atomic E-state index is 0.238. The number of piperazine rings is 1. The normalized spacial score (nSPS) is 20.0. The van der Waals surface area contributed by atoms with E-state index in [1.165, 1.54) is 4.31 Å². The van der Waals surface area contributed by atoms with Gasteiger partial charge in [0, 0.05) is 30.1 Å². The summed E-state index contributed by atoms with van der Waals surface area (Å²) in [4.78, 5) is 14.0. The molecule has 8 heteroatoms. The summed E-state index contributed by atoms with van der Waals surface area (Å²) in [5, 5.41) is 0. The first-order chi connectivity index (χ1) is 11.0. The summed E-state index contributed by atoms with van der Waals surface area (Å²) >= 11 is 3.30. The van der Waals surface area contributed by atoms with Gasteiger partial charge in [-0.2, -0.15) is 4.31 Å². The third-order valence-corrected chi connectivity index (χ3v) is 6.67. The Morgan fingerprint density at radius 2 is 1.88 bits per heavy atom. The number of nitrogens with zero attached hydrogens (tertiary/aromatic N) is 2. The highest BCUT2D eigenvalue weighted by Gasteiger charge is 2.37. The van der Waals surface area contributed by atoms with Crippen LogP contribution in [0.4, 0.5) is 4.79 Å². The fourth-order valence-electron chi connectivity index (χ4n) is 2.57. The lowest BCUT2D eigenvalue weighted by Crippen LogP contribution is -2.56. The highest BCUT2D eigenvalue weighted by atomic mass is 79.9. The maximum absolute atomic E-state index is 12.9. The summed E-state index contributed by atoms with van der Waals surface area (Å²) < 4.78 is 33.1. The Labute approximate surface area is 151 Å². The van der Waals surface area contributed by atoms with Crippen molar-refractivity contribution in [3.05, 3.63) is 28.7 Å². The van der Waals surface area contributed by atoms with E-state index in [1.54, 1.807) is 36.1 Å². The summed E-state index contributed by atoms with van der Waals surface area (Å²) in [5.74, 6) is 0. The maximum Gasteiger partial charge on any atom is 0.410 e. The molecule has 6 nitrogen and oxygen atoms in total. The van der Waals surface area contributed by atoms with Crippen LogP contribution in [-0.4, -0.2) is 55.0 Å². The van der Waals surface area contributed by atoms with Crippen molar-refractivity contribution in [2.75, 3.05) is 19.6 Å². The van der Waals surface area contributed by atoms with Crippen LogP contribution in [0, 0.1) is 0 Å². The largest absolute Gasteiger partial charge is 0.444 e. The number of hydrogen-bond acceptors (Lipinski definition) is 4. The van der Waals surface area contributed by atoms with Crippen molar-refractivity contribution < 1.29 is 17.9 Å². The van der Waals surface area contributed by atoms with Gasteiger partial charge in [-0.1, -0.05) is 12.1 Å². The van der Waals surface area contributed by atoms with E-state index in [0.29, 0.717) is 17.6 Å². The topological polar surface area (TPSA) is 66.9 Å². The van der Waals surface area contributed by atoms with Gasteiger partial charge in [-0.25, -0.2) is 13.2 Å². The van der Waals surface area contributed by atoms with Crippen LogP contribution in [0.1, 0.15) is 27.7 Å². The second-order valence-electron chi connectivity index (χ2n) is 6.82. The fraction of sp³-hybridized carbons (Fsp3) is 0.562. The molecule has 0 spiro atoms. The molecule has 0 aliphatic carbocycles. The summed E-state index contributed by atoms with van der Waals surface area (Å²) in [6, 6.07) is 6.41. The fourth-order valence-corrected chi connectivity index (χ4v) is 5.15. The molecule has 0 N–H and O–H groups in total. The van der Waals surface area contributed by atoms with E-state index in [9.17, 15) is 13.2 Å². The van der Waals surface area contributed by atoms with Crippen LogP contribution in [0.25, 0.3) is 0 Å². The average molecular weight is 419 g/mol. The molecule has 24 heavy (non-hydrogen) atoms. The van der Waals surface area contributed by atoms with Crippen molar-refractivity contribution in [2.45, 2.75) is 44.2 Å². The van der Waals surface area contributed by atoms with Crippen molar-refractivity contribution in [1.29, 1.82) is 0 Å². The van der Waals surface area contributed by atoms with Crippen LogP contribution in [0.2, 0.25) is 0 Å². The van der Waals surface area contributed by atoms with Gasteiger partial charge in [-0.3, -0.25) is 0 Å². The molecule has 1 amide bonds. The quantitative estimate of drug-likeness (QED) is 0.739. The Hall–Kier alpha value is -1.12. The van der Waals surface area contributed by atoms with E-state index in [-0.39, 0.29) is 17.5 Å². The van der Waals surface area contributed by atoms with Gasteiger partial charge in [0.2, 0.25) is 10.0 Å². The molecule has 134 valence electrons. The molecule has 1 aliphatic rings. The van der Waals surface area contributed by atoms with Gasteiger partial charge in [0.25, 0.3) is 0 Å². The van der Waals surface area contributed by atoms with Crippen LogP contribution in [0.5, 0.6) is 0 Å².